The van der Waals surface area contributed by atoms with E-state index < -0.39 is 0 Å². The molecule has 1 aromatic rings. The first-order valence-corrected chi connectivity index (χ1v) is 7.51. The molecule has 0 saturated carbocycles. The number of amides is 1. The Morgan fingerprint density at radius 2 is 2.15 bits per heavy atom. The molecule has 1 atom stereocenters. The highest BCUT2D eigenvalue weighted by atomic mass is 35.5. The van der Waals surface area contributed by atoms with Gasteiger partial charge in [-0.05, 0) is 43.6 Å². The van der Waals surface area contributed by atoms with Crippen LogP contribution in [0.5, 0.6) is 0 Å². The number of rotatable bonds is 3. The molecule has 0 aromatic heterocycles. The van der Waals surface area contributed by atoms with Gasteiger partial charge in [0.1, 0.15) is 6.10 Å². The average molecular weight is 295 g/mol. The Kier molecular flexibility index (Phi) is 4.13. The fourth-order valence-corrected chi connectivity index (χ4v) is 3.19. The van der Waals surface area contributed by atoms with Crippen molar-refractivity contribution in [2.45, 2.75) is 25.5 Å². The van der Waals surface area contributed by atoms with Crippen LogP contribution in [0.3, 0.4) is 0 Å². The predicted octanol–water partition coefficient (Wildman–Crippen LogP) is 2.66. The molecule has 2 heterocycles. The second kappa shape index (κ2) is 6.02. The lowest BCUT2D eigenvalue weighted by molar-refractivity contribution is 0.0905. The van der Waals surface area contributed by atoms with Crippen LogP contribution in [-0.2, 0) is 11.3 Å². The lowest BCUT2D eigenvalue weighted by Crippen LogP contribution is -2.36. The number of nitrogens with one attached hydrogen (secondary N) is 1. The van der Waals surface area contributed by atoms with Gasteiger partial charge in [0.05, 0.1) is 6.54 Å². The molecule has 20 heavy (non-hydrogen) atoms. The monoisotopic (exact) mass is 294 g/mol. The van der Waals surface area contributed by atoms with Gasteiger partial charge in [-0.1, -0.05) is 23.7 Å². The second-order valence-corrected chi connectivity index (χ2v) is 5.96. The standard InChI is InChI=1S/C15H19ClN2O2/c16-13-3-1-2-11(8-13)9-18-10-14(20-15(18)19)12-4-6-17-7-5-12/h1-3,8,12,14,17H,4-7,9-10H2. The van der Waals surface area contributed by atoms with Crippen molar-refractivity contribution < 1.29 is 9.53 Å². The molecule has 2 aliphatic heterocycles. The Balaban J connectivity index is 1.62. The highest BCUT2D eigenvalue weighted by Crippen LogP contribution is 2.26. The number of carbonyl (C=O) groups excluding carboxylic acids is 1. The minimum Gasteiger partial charge on any atom is -0.444 e. The molecule has 3 rings (SSSR count). The summed E-state index contributed by atoms with van der Waals surface area (Å²) in [6, 6.07) is 7.62. The van der Waals surface area contributed by atoms with Crippen LogP contribution in [0.4, 0.5) is 4.79 Å². The number of halogens is 1. The molecular formula is C15H19ClN2O2. The molecule has 1 aromatic carbocycles. The molecule has 2 aliphatic rings. The number of hydrogen-bond donors (Lipinski definition) is 1. The molecule has 1 unspecified atom stereocenters. The highest BCUT2D eigenvalue weighted by Gasteiger charge is 2.36. The van der Waals surface area contributed by atoms with Crippen LogP contribution in [0, 0.1) is 5.92 Å². The fraction of sp³-hybridized carbons (Fsp3) is 0.533. The second-order valence-electron chi connectivity index (χ2n) is 5.52. The summed E-state index contributed by atoms with van der Waals surface area (Å²) in [4.78, 5) is 13.7. The fourth-order valence-electron chi connectivity index (χ4n) is 2.98. The molecule has 0 bridgehead atoms. The van der Waals surface area contributed by atoms with E-state index in [2.05, 4.69) is 5.32 Å². The first-order chi connectivity index (χ1) is 9.72. The van der Waals surface area contributed by atoms with Crippen molar-refractivity contribution in [3.05, 3.63) is 34.9 Å². The molecule has 0 radical (unpaired) electrons. The van der Waals surface area contributed by atoms with Crippen LogP contribution in [0.15, 0.2) is 24.3 Å². The number of ether oxygens (including phenoxy) is 1. The number of nitrogens with zero attached hydrogens (tertiary/aromatic N) is 1. The summed E-state index contributed by atoms with van der Waals surface area (Å²) in [6.07, 6.45) is 2.02. The van der Waals surface area contributed by atoms with E-state index in [-0.39, 0.29) is 12.2 Å². The van der Waals surface area contributed by atoms with Gasteiger partial charge in [-0.3, -0.25) is 0 Å². The molecule has 2 saturated heterocycles. The maximum Gasteiger partial charge on any atom is 0.410 e. The van der Waals surface area contributed by atoms with Gasteiger partial charge < -0.3 is 15.0 Å². The van der Waals surface area contributed by atoms with Gasteiger partial charge in [-0.2, -0.15) is 0 Å². The van der Waals surface area contributed by atoms with Gasteiger partial charge in [0.2, 0.25) is 0 Å². The number of benzene rings is 1. The summed E-state index contributed by atoms with van der Waals surface area (Å²) < 4.78 is 5.54. The summed E-state index contributed by atoms with van der Waals surface area (Å²) in [5, 5.41) is 4.04. The summed E-state index contributed by atoms with van der Waals surface area (Å²) in [7, 11) is 0. The Morgan fingerprint density at radius 1 is 1.35 bits per heavy atom. The summed E-state index contributed by atoms with van der Waals surface area (Å²) >= 11 is 5.98. The third kappa shape index (κ3) is 3.07. The molecule has 4 nitrogen and oxygen atoms in total. The van der Waals surface area contributed by atoms with E-state index >= 15 is 0 Å². The number of piperidine rings is 1. The Bertz CT molecular complexity index is 489. The van der Waals surface area contributed by atoms with E-state index in [0.717, 1.165) is 31.5 Å². The molecule has 0 aliphatic carbocycles. The van der Waals surface area contributed by atoms with E-state index in [1.54, 1.807) is 4.90 Å². The first kappa shape index (κ1) is 13.7. The van der Waals surface area contributed by atoms with E-state index in [4.69, 9.17) is 16.3 Å². The average Bonchev–Trinajstić information content (AvgIpc) is 2.81. The lowest BCUT2D eigenvalue weighted by Gasteiger charge is -2.26. The number of hydrogen-bond acceptors (Lipinski definition) is 3. The number of cyclic esters (lactones) is 1. The van der Waals surface area contributed by atoms with Crippen LogP contribution in [0.2, 0.25) is 5.02 Å². The zero-order valence-corrected chi connectivity index (χ0v) is 12.1. The summed E-state index contributed by atoms with van der Waals surface area (Å²) in [5.41, 5.74) is 1.04. The molecular weight excluding hydrogens is 276 g/mol. The van der Waals surface area contributed by atoms with Gasteiger partial charge in [-0.15, -0.1) is 0 Å². The third-order valence-corrected chi connectivity index (χ3v) is 4.32. The Labute approximate surface area is 124 Å². The lowest BCUT2D eigenvalue weighted by atomic mass is 9.92. The van der Waals surface area contributed by atoms with E-state index in [1.807, 2.05) is 24.3 Å². The van der Waals surface area contributed by atoms with Crippen molar-refractivity contribution >= 4 is 17.7 Å². The van der Waals surface area contributed by atoms with Gasteiger partial charge in [0.15, 0.2) is 0 Å². The molecule has 108 valence electrons. The molecule has 1 N–H and O–H groups in total. The van der Waals surface area contributed by atoms with Gasteiger partial charge in [0, 0.05) is 17.5 Å². The van der Waals surface area contributed by atoms with Crippen LogP contribution in [0.25, 0.3) is 0 Å². The van der Waals surface area contributed by atoms with Gasteiger partial charge in [-0.25, -0.2) is 4.79 Å². The topological polar surface area (TPSA) is 41.6 Å². The Morgan fingerprint density at radius 3 is 2.90 bits per heavy atom. The largest absolute Gasteiger partial charge is 0.444 e. The van der Waals surface area contributed by atoms with Gasteiger partial charge >= 0.3 is 6.09 Å². The quantitative estimate of drug-likeness (QED) is 0.932. The van der Waals surface area contributed by atoms with Crippen LogP contribution < -0.4 is 5.32 Å². The van der Waals surface area contributed by atoms with E-state index in [1.165, 1.54) is 0 Å². The van der Waals surface area contributed by atoms with Crippen LogP contribution in [-0.4, -0.2) is 36.7 Å². The van der Waals surface area contributed by atoms with Crippen molar-refractivity contribution in [3.63, 3.8) is 0 Å². The SMILES string of the molecule is O=C1OC(C2CCNCC2)CN1Cc1cccc(Cl)c1. The van der Waals surface area contributed by atoms with Crippen LogP contribution >= 0.6 is 11.6 Å². The molecule has 2 fully saturated rings. The molecule has 5 heteroatoms. The van der Waals surface area contributed by atoms with E-state index in [0.29, 0.717) is 24.0 Å². The van der Waals surface area contributed by atoms with Crippen molar-refractivity contribution in [1.29, 1.82) is 0 Å². The summed E-state index contributed by atoms with van der Waals surface area (Å²) in [6.45, 7) is 3.30. The van der Waals surface area contributed by atoms with Crippen molar-refractivity contribution in [1.82, 2.24) is 10.2 Å². The minimum atomic E-state index is -0.200. The predicted molar refractivity (Wildman–Crippen MR) is 77.7 cm³/mol. The van der Waals surface area contributed by atoms with E-state index in [9.17, 15) is 4.79 Å². The third-order valence-electron chi connectivity index (χ3n) is 4.08. The van der Waals surface area contributed by atoms with Crippen LogP contribution in [0.1, 0.15) is 18.4 Å². The Hall–Kier alpha value is -1.26. The highest BCUT2D eigenvalue weighted by molar-refractivity contribution is 6.30. The van der Waals surface area contributed by atoms with Crippen molar-refractivity contribution in [3.8, 4) is 0 Å². The zero-order chi connectivity index (χ0) is 13.9. The smallest absolute Gasteiger partial charge is 0.410 e. The summed E-state index contributed by atoms with van der Waals surface area (Å²) in [5.74, 6) is 0.490. The normalized spacial score (nSPS) is 23.9. The van der Waals surface area contributed by atoms with Crippen molar-refractivity contribution in [2.75, 3.05) is 19.6 Å². The maximum atomic E-state index is 12.0. The first-order valence-electron chi connectivity index (χ1n) is 7.13. The minimum absolute atomic E-state index is 0.0452. The maximum absolute atomic E-state index is 12.0. The molecule has 1 amide bonds. The number of carbonyl (C=O) groups is 1. The zero-order valence-electron chi connectivity index (χ0n) is 11.3. The molecule has 0 spiro atoms. The van der Waals surface area contributed by atoms with Gasteiger partial charge in [0.25, 0.3) is 0 Å². The van der Waals surface area contributed by atoms with Crippen molar-refractivity contribution in [2.24, 2.45) is 5.92 Å².